The van der Waals surface area contributed by atoms with E-state index in [2.05, 4.69) is 26.6 Å². The third-order valence-corrected chi connectivity index (χ3v) is 4.27. The summed E-state index contributed by atoms with van der Waals surface area (Å²) in [5, 5.41) is 16.0. The zero-order valence-electron chi connectivity index (χ0n) is 15.4. The van der Waals surface area contributed by atoms with Gasteiger partial charge in [-0.2, -0.15) is 0 Å². The standard InChI is InChI=1S/C19H18BrN3O6/c1-12-2-5-15(10-16(12)23(27)28)22-18(25)11-29-19(26)9-8-17(24)21-14-6-3-13(20)4-7-14/h2-7,10H,8-9,11H2,1H3,(H,21,24)(H,22,25). The zero-order chi connectivity index (χ0) is 21.4. The number of nitrogens with one attached hydrogen (secondary N) is 2. The van der Waals surface area contributed by atoms with Gasteiger partial charge in [-0.05, 0) is 37.3 Å². The highest BCUT2D eigenvalue weighted by atomic mass is 79.9. The second-order valence-electron chi connectivity index (χ2n) is 6.02. The summed E-state index contributed by atoms with van der Waals surface area (Å²) < 4.78 is 5.70. The molecule has 0 heterocycles. The Morgan fingerprint density at radius 2 is 1.62 bits per heavy atom. The van der Waals surface area contributed by atoms with Crippen LogP contribution in [0.25, 0.3) is 0 Å². The average molecular weight is 464 g/mol. The lowest BCUT2D eigenvalue weighted by atomic mass is 10.2. The normalized spacial score (nSPS) is 10.1. The second kappa shape index (κ2) is 10.3. The highest BCUT2D eigenvalue weighted by molar-refractivity contribution is 9.10. The molecule has 0 aliphatic heterocycles. The smallest absolute Gasteiger partial charge is 0.306 e. The van der Waals surface area contributed by atoms with Gasteiger partial charge in [-0.1, -0.05) is 22.0 Å². The number of esters is 1. The summed E-state index contributed by atoms with van der Waals surface area (Å²) in [6.07, 6.45) is -0.285. The van der Waals surface area contributed by atoms with Gasteiger partial charge >= 0.3 is 5.97 Å². The quantitative estimate of drug-likeness (QED) is 0.349. The van der Waals surface area contributed by atoms with Gasteiger partial charge in [-0.15, -0.1) is 0 Å². The van der Waals surface area contributed by atoms with Crippen molar-refractivity contribution in [3.63, 3.8) is 0 Å². The molecule has 2 aromatic rings. The number of halogens is 1. The molecule has 9 nitrogen and oxygen atoms in total. The SMILES string of the molecule is Cc1ccc(NC(=O)COC(=O)CCC(=O)Nc2ccc(Br)cc2)cc1[N+](=O)[O-]. The largest absolute Gasteiger partial charge is 0.456 e. The first kappa shape index (κ1) is 22.0. The van der Waals surface area contributed by atoms with Crippen LogP contribution >= 0.6 is 15.9 Å². The van der Waals surface area contributed by atoms with Crippen molar-refractivity contribution >= 4 is 50.8 Å². The molecule has 0 aromatic heterocycles. The summed E-state index contributed by atoms with van der Waals surface area (Å²) in [6.45, 7) is 1.02. The van der Waals surface area contributed by atoms with Gasteiger partial charge in [0.2, 0.25) is 5.91 Å². The van der Waals surface area contributed by atoms with Crippen molar-refractivity contribution in [3.8, 4) is 0 Å². The Morgan fingerprint density at radius 3 is 2.28 bits per heavy atom. The van der Waals surface area contributed by atoms with Crippen molar-refractivity contribution in [2.75, 3.05) is 17.2 Å². The molecule has 29 heavy (non-hydrogen) atoms. The molecule has 0 aliphatic rings. The van der Waals surface area contributed by atoms with Crippen LogP contribution in [0.2, 0.25) is 0 Å². The summed E-state index contributed by atoms with van der Waals surface area (Å²) in [5.41, 5.74) is 1.15. The van der Waals surface area contributed by atoms with Crippen LogP contribution in [-0.2, 0) is 19.1 Å². The van der Waals surface area contributed by atoms with Gasteiger partial charge in [0.15, 0.2) is 6.61 Å². The van der Waals surface area contributed by atoms with E-state index in [0.29, 0.717) is 11.3 Å². The Kier molecular flexibility index (Phi) is 7.84. The zero-order valence-corrected chi connectivity index (χ0v) is 17.0. The van der Waals surface area contributed by atoms with Crippen molar-refractivity contribution < 1.29 is 24.0 Å². The number of nitrogens with zero attached hydrogens (tertiary/aromatic N) is 1. The van der Waals surface area contributed by atoms with Crippen LogP contribution in [-0.4, -0.2) is 29.3 Å². The number of nitro groups is 1. The topological polar surface area (TPSA) is 128 Å². The Bertz CT molecular complexity index is 930. The van der Waals surface area contributed by atoms with E-state index in [4.69, 9.17) is 4.74 Å². The number of anilines is 2. The number of nitro benzene ring substituents is 1. The molecule has 2 amide bonds. The van der Waals surface area contributed by atoms with E-state index in [-0.39, 0.29) is 30.1 Å². The number of hydrogen-bond acceptors (Lipinski definition) is 6. The van der Waals surface area contributed by atoms with Gasteiger partial charge in [0.1, 0.15) is 0 Å². The minimum Gasteiger partial charge on any atom is -0.456 e. The number of carbonyl (C=O) groups is 3. The summed E-state index contributed by atoms with van der Waals surface area (Å²) >= 11 is 3.29. The van der Waals surface area contributed by atoms with Gasteiger partial charge in [0.05, 0.1) is 11.3 Å². The molecule has 0 saturated heterocycles. The molecule has 0 saturated carbocycles. The number of carbonyl (C=O) groups excluding carboxylic acids is 3. The molecule has 2 rings (SSSR count). The van der Waals surface area contributed by atoms with E-state index >= 15 is 0 Å². The predicted molar refractivity (Wildman–Crippen MR) is 109 cm³/mol. The van der Waals surface area contributed by atoms with Crippen molar-refractivity contribution in [2.45, 2.75) is 19.8 Å². The lowest BCUT2D eigenvalue weighted by molar-refractivity contribution is -0.385. The number of rotatable bonds is 8. The van der Waals surface area contributed by atoms with Crippen LogP contribution in [0.4, 0.5) is 17.1 Å². The third-order valence-electron chi connectivity index (χ3n) is 3.74. The van der Waals surface area contributed by atoms with E-state index in [1.807, 2.05) is 0 Å². The van der Waals surface area contributed by atoms with E-state index in [1.165, 1.54) is 18.2 Å². The van der Waals surface area contributed by atoms with Gasteiger partial charge in [-0.3, -0.25) is 24.5 Å². The van der Waals surface area contributed by atoms with Crippen LogP contribution in [0.15, 0.2) is 46.9 Å². The van der Waals surface area contributed by atoms with E-state index in [0.717, 1.165) is 4.47 Å². The summed E-state index contributed by atoms with van der Waals surface area (Å²) in [4.78, 5) is 45.8. The number of hydrogen-bond donors (Lipinski definition) is 2. The van der Waals surface area contributed by atoms with Crippen LogP contribution in [0.1, 0.15) is 18.4 Å². The average Bonchev–Trinajstić information content (AvgIpc) is 2.68. The number of benzene rings is 2. The van der Waals surface area contributed by atoms with Crippen LogP contribution < -0.4 is 10.6 Å². The monoisotopic (exact) mass is 463 g/mol. The molecule has 2 N–H and O–H groups in total. The van der Waals surface area contributed by atoms with Crippen LogP contribution in [0, 0.1) is 17.0 Å². The second-order valence-corrected chi connectivity index (χ2v) is 6.94. The fraction of sp³-hybridized carbons (Fsp3) is 0.211. The van der Waals surface area contributed by atoms with E-state index < -0.39 is 23.4 Å². The molecule has 0 atom stereocenters. The van der Waals surface area contributed by atoms with E-state index in [9.17, 15) is 24.5 Å². The first-order valence-electron chi connectivity index (χ1n) is 8.50. The van der Waals surface area contributed by atoms with Gasteiger partial charge < -0.3 is 15.4 Å². The van der Waals surface area contributed by atoms with Crippen LogP contribution in [0.3, 0.4) is 0 Å². The molecule has 0 spiro atoms. The van der Waals surface area contributed by atoms with E-state index in [1.54, 1.807) is 31.2 Å². The number of aryl methyl sites for hydroxylation is 1. The lowest BCUT2D eigenvalue weighted by Gasteiger charge is -2.08. The van der Waals surface area contributed by atoms with Gasteiger partial charge in [-0.25, -0.2) is 0 Å². The highest BCUT2D eigenvalue weighted by Gasteiger charge is 2.14. The minimum atomic E-state index is -0.707. The maximum Gasteiger partial charge on any atom is 0.306 e. The maximum absolute atomic E-state index is 11.8. The van der Waals surface area contributed by atoms with Gasteiger partial charge in [0, 0.05) is 33.9 Å². The molecule has 0 radical (unpaired) electrons. The molecule has 0 unspecified atom stereocenters. The van der Waals surface area contributed by atoms with Crippen molar-refractivity contribution in [1.29, 1.82) is 0 Å². The number of amides is 2. The maximum atomic E-state index is 11.8. The highest BCUT2D eigenvalue weighted by Crippen LogP contribution is 2.22. The fourth-order valence-corrected chi connectivity index (χ4v) is 2.54. The molecule has 0 fully saturated rings. The molecule has 0 bridgehead atoms. The number of ether oxygens (including phenoxy) is 1. The molecule has 10 heteroatoms. The van der Waals surface area contributed by atoms with Crippen molar-refractivity contribution in [2.24, 2.45) is 0 Å². The van der Waals surface area contributed by atoms with Crippen molar-refractivity contribution in [1.82, 2.24) is 0 Å². The molecule has 152 valence electrons. The third kappa shape index (κ3) is 7.34. The molecular formula is C19H18BrN3O6. The molecule has 2 aromatic carbocycles. The van der Waals surface area contributed by atoms with Gasteiger partial charge in [0.25, 0.3) is 11.6 Å². The fourth-order valence-electron chi connectivity index (χ4n) is 2.27. The molecular weight excluding hydrogens is 446 g/mol. The first-order chi connectivity index (χ1) is 13.7. The summed E-state index contributed by atoms with van der Waals surface area (Å²) in [6, 6.07) is 11.2. The Morgan fingerprint density at radius 1 is 1.00 bits per heavy atom. The Balaban J connectivity index is 1.73. The first-order valence-corrected chi connectivity index (χ1v) is 9.30. The lowest BCUT2D eigenvalue weighted by Crippen LogP contribution is -2.21. The summed E-state index contributed by atoms with van der Waals surface area (Å²) in [7, 11) is 0. The Hall–Kier alpha value is -3.27. The van der Waals surface area contributed by atoms with Crippen LogP contribution in [0.5, 0.6) is 0 Å². The summed E-state index contributed by atoms with van der Waals surface area (Å²) in [5.74, 6) is -1.71. The minimum absolute atomic E-state index is 0.0966. The van der Waals surface area contributed by atoms with Crippen molar-refractivity contribution in [3.05, 3.63) is 62.6 Å². The predicted octanol–water partition coefficient (Wildman–Crippen LogP) is 3.57. The Labute approximate surface area is 174 Å². The molecule has 0 aliphatic carbocycles.